The Bertz CT molecular complexity index is 464. The van der Waals surface area contributed by atoms with E-state index in [0.717, 1.165) is 0 Å². The molecule has 6 nitrogen and oxygen atoms in total. The molecule has 98 valence electrons. The molecule has 0 amide bonds. The van der Waals surface area contributed by atoms with E-state index in [9.17, 15) is 14.9 Å². The molecule has 0 bridgehead atoms. The molecule has 0 radical (unpaired) electrons. The van der Waals surface area contributed by atoms with Crippen LogP contribution in [0.5, 0.6) is 0 Å². The molecule has 0 aliphatic rings. The van der Waals surface area contributed by atoms with Gasteiger partial charge in [-0.25, -0.2) is 0 Å². The lowest BCUT2D eigenvalue weighted by atomic mass is 10.1. The van der Waals surface area contributed by atoms with Crippen molar-refractivity contribution < 1.29 is 14.5 Å². The number of methoxy groups -OCH3 is 1. The van der Waals surface area contributed by atoms with Gasteiger partial charge in [-0.3, -0.25) is 19.8 Å². The van der Waals surface area contributed by atoms with Crippen molar-refractivity contribution in [1.29, 1.82) is 0 Å². The summed E-state index contributed by atoms with van der Waals surface area (Å²) in [7, 11) is 3.00. The Hall–Kier alpha value is -1.47. The average Bonchev–Trinajstić information content (AvgIpc) is 2.30. The monoisotopic (exact) mass is 316 g/mol. The van der Waals surface area contributed by atoms with Crippen LogP contribution < -0.4 is 0 Å². The van der Waals surface area contributed by atoms with Gasteiger partial charge in [-0.1, -0.05) is 15.9 Å². The van der Waals surface area contributed by atoms with E-state index in [1.54, 1.807) is 24.1 Å². The van der Waals surface area contributed by atoms with Crippen molar-refractivity contribution in [3.8, 4) is 0 Å². The van der Waals surface area contributed by atoms with E-state index in [1.165, 1.54) is 13.2 Å². The van der Waals surface area contributed by atoms with Crippen LogP contribution in [0.4, 0.5) is 5.69 Å². The molecule has 0 saturated carbocycles. The first-order valence-electron chi connectivity index (χ1n) is 5.12. The fourth-order valence-electron chi connectivity index (χ4n) is 1.47. The Morgan fingerprint density at radius 3 is 2.78 bits per heavy atom. The van der Waals surface area contributed by atoms with Gasteiger partial charge in [0.25, 0.3) is 5.69 Å². The van der Waals surface area contributed by atoms with E-state index in [4.69, 9.17) is 0 Å². The third kappa shape index (κ3) is 4.08. The molecule has 7 heteroatoms. The molecule has 0 saturated heterocycles. The first kappa shape index (κ1) is 14.6. The molecule has 0 atom stereocenters. The third-order valence-corrected chi connectivity index (χ3v) is 2.80. The van der Waals surface area contributed by atoms with Crippen molar-refractivity contribution in [1.82, 2.24) is 4.90 Å². The SMILES string of the molecule is COC(=O)CN(C)Cc1ccc(Br)cc1[N+](=O)[O-]. The Kier molecular flexibility index (Phi) is 5.24. The standard InChI is InChI=1S/C11H13BrN2O4/c1-13(7-11(15)18-2)6-8-3-4-9(12)5-10(8)14(16)17/h3-5H,6-7H2,1-2H3. The lowest BCUT2D eigenvalue weighted by molar-refractivity contribution is -0.385. The predicted molar refractivity (Wildman–Crippen MR) is 69.1 cm³/mol. The number of benzene rings is 1. The van der Waals surface area contributed by atoms with Crippen molar-refractivity contribution in [3.63, 3.8) is 0 Å². The minimum atomic E-state index is -0.438. The largest absolute Gasteiger partial charge is 0.468 e. The maximum absolute atomic E-state index is 11.1. The summed E-state index contributed by atoms with van der Waals surface area (Å²) in [4.78, 5) is 23.2. The second kappa shape index (κ2) is 6.46. The highest BCUT2D eigenvalue weighted by molar-refractivity contribution is 9.10. The molecule has 0 aromatic heterocycles. The lowest BCUT2D eigenvalue weighted by Gasteiger charge is -2.15. The number of carbonyl (C=O) groups is 1. The number of nitro groups is 1. The Balaban J connectivity index is 2.84. The van der Waals surface area contributed by atoms with Gasteiger partial charge >= 0.3 is 5.97 Å². The van der Waals surface area contributed by atoms with Gasteiger partial charge in [0.2, 0.25) is 0 Å². The normalized spacial score (nSPS) is 10.4. The maximum atomic E-state index is 11.1. The van der Waals surface area contributed by atoms with Gasteiger partial charge in [0, 0.05) is 22.6 Å². The van der Waals surface area contributed by atoms with Gasteiger partial charge in [0.15, 0.2) is 0 Å². The maximum Gasteiger partial charge on any atom is 0.319 e. The van der Waals surface area contributed by atoms with E-state index in [1.807, 2.05) is 0 Å². The molecular formula is C11H13BrN2O4. The molecule has 0 unspecified atom stereocenters. The summed E-state index contributed by atoms with van der Waals surface area (Å²) < 4.78 is 5.18. The zero-order valence-corrected chi connectivity index (χ0v) is 11.6. The van der Waals surface area contributed by atoms with E-state index in [0.29, 0.717) is 16.6 Å². The fraction of sp³-hybridized carbons (Fsp3) is 0.364. The van der Waals surface area contributed by atoms with Crippen LogP contribution in [0, 0.1) is 10.1 Å². The van der Waals surface area contributed by atoms with E-state index < -0.39 is 4.92 Å². The van der Waals surface area contributed by atoms with Crippen molar-refractivity contribution in [2.24, 2.45) is 0 Å². The molecule has 1 aromatic carbocycles. The van der Waals surface area contributed by atoms with Crippen molar-refractivity contribution >= 4 is 27.6 Å². The zero-order chi connectivity index (χ0) is 13.7. The molecule has 0 aliphatic carbocycles. The summed E-state index contributed by atoms with van der Waals surface area (Å²) in [6.07, 6.45) is 0. The van der Waals surface area contributed by atoms with Gasteiger partial charge < -0.3 is 4.74 Å². The molecule has 1 rings (SSSR count). The minimum absolute atomic E-state index is 0.0288. The van der Waals surface area contributed by atoms with Crippen LogP contribution in [0.2, 0.25) is 0 Å². The molecular weight excluding hydrogens is 304 g/mol. The molecule has 0 N–H and O–H groups in total. The topological polar surface area (TPSA) is 72.7 Å². The molecule has 0 aliphatic heterocycles. The van der Waals surface area contributed by atoms with Crippen molar-refractivity contribution in [2.75, 3.05) is 20.7 Å². The summed E-state index contributed by atoms with van der Waals surface area (Å²) in [5.74, 6) is -0.378. The van der Waals surface area contributed by atoms with Gasteiger partial charge in [-0.15, -0.1) is 0 Å². The summed E-state index contributed by atoms with van der Waals surface area (Å²) in [5.41, 5.74) is 0.579. The highest BCUT2D eigenvalue weighted by Gasteiger charge is 2.16. The van der Waals surface area contributed by atoms with Crippen LogP contribution in [-0.2, 0) is 16.1 Å². The Labute approximate surface area is 113 Å². The highest BCUT2D eigenvalue weighted by atomic mass is 79.9. The second-order valence-electron chi connectivity index (χ2n) is 3.78. The number of hydrogen-bond donors (Lipinski definition) is 0. The van der Waals surface area contributed by atoms with E-state index >= 15 is 0 Å². The summed E-state index contributed by atoms with van der Waals surface area (Å²) in [5, 5.41) is 10.9. The number of esters is 1. The van der Waals surface area contributed by atoms with Crippen LogP contribution >= 0.6 is 15.9 Å². The van der Waals surface area contributed by atoms with Gasteiger partial charge in [-0.2, -0.15) is 0 Å². The number of halogens is 1. The minimum Gasteiger partial charge on any atom is -0.468 e. The number of nitrogens with zero attached hydrogens (tertiary/aromatic N) is 2. The Morgan fingerprint density at radius 2 is 2.22 bits per heavy atom. The quantitative estimate of drug-likeness (QED) is 0.471. The fourth-order valence-corrected chi connectivity index (χ4v) is 1.82. The molecule has 0 spiro atoms. The van der Waals surface area contributed by atoms with Gasteiger partial charge in [-0.05, 0) is 19.2 Å². The van der Waals surface area contributed by atoms with Crippen molar-refractivity contribution in [2.45, 2.75) is 6.54 Å². The first-order chi connectivity index (χ1) is 8.43. The van der Waals surface area contributed by atoms with Gasteiger partial charge in [0.1, 0.15) is 0 Å². The Morgan fingerprint density at radius 1 is 1.56 bits per heavy atom. The predicted octanol–water partition coefficient (Wildman–Crippen LogP) is 1.96. The number of rotatable bonds is 5. The second-order valence-corrected chi connectivity index (χ2v) is 4.69. The van der Waals surface area contributed by atoms with Crippen LogP contribution in [0.3, 0.4) is 0 Å². The highest BCUT2D eigenvalue weighted by Crippen LogP contribution is 2.24. The average molecular weight is 317 g/mol. The molecule has 0 fully saturated rings. The van der Waals surface area contributed by atoms with Crippen molar-refractivity contribution in [3.05, 3.63) is 38.3 Å². The smallest absolute Gasteiger partial charge is 0.319 e. The lowest BCUT2D eigenvalue weighted by Crippen LogP contribution is -2.26. The molecule has 18 heavy (non-hydrogen) atoms. The van der Waals surface area contributed by atoms with Gasteiger partial charge in [0.05, 0.1) is 18.6 Å². The molecule has 1 aromatic rings. The summed E-state index contributed by atoms with van der Waals surface area (Å²) in [6, 6.07) is 4.84. The number of nitro benzene ring substituents is 1. The van der Waals surface area contributed by atoms with Crippen LogP contribution in [-0.4, -0.2) is 36.5 Å². The first-order valence-corrected chi connectivity index (χ1v) is 5.91. The summed E-state index contributed by atoms with van der Waals surface area (Å²) >= 11 is 3.19. The van der Waals surface area contributed by atoms with Crippen LogP contribution in [0.25, 0.3) is 0 Å². The van der Waals surface area contributed by atoms with E-state index in [-0.39, 0.29) is 18.2 Å². The number of ether oxygens (including phenoxy) is 1. The molecule has 0 heterocycles. The number of hydrogen-bond acceptors (Lipinski definition) is 5. The summed E-state index contributed by atoms with van der Waals surface area (Å²) in [6.45, 7) is 0.391. The van der Waals surface area contributed by atoms with Crippen LogP contribution in [0.1, 0.15) is 5.56 Å². The third-order valence-electron chi connectivity index (χ3n) is 2.31. The number of carbonyl (C=O) groups excluding carboxylic acids is 1. The van der Waals surface area contributed by atoms with E-state index in [2.05, 4.69) is 20.7 Å². The number of likely N-dealkylation sites (N-methyl/N-ethyl adjacent to an activating group) is 1. The zero-order valence-electron chi connectivity index (χ0n) is 10.1. The van der Waals surface area contributed by atoms with Crippen LogP contribution in [0.15, 0.2) is 22.7 Å².